The maximum atomic E-state index is 14.0. The number of anilines is 1. The SMILES string of the molecule is C=N/C=C1\C(=N/Cc2ncccn2)CCN(c2cc(F)c(F)c(OC(F)F)c2)C1C. The average molecular weight is 421 g/mol. The summed E-state index contributed by atoms with van der Waals surface area (Å²) in [5.41, 5.74) is 1.68. The fourth-order valence-electron chi connectivity index (χ4n) is 3.25. The van der Waals surface area contributed by atoms with Gasteiger partial charge in [-0.2, -0.15) is 13.2 Å². The van der Waals surface area contributed by atoms with Gasteiger partial charge in [0.15, 0.2) is 11.6 Å². The van der Waals surface area contributed by atoms with Crippen LogP contribution in [-0.4, -0.2) is 41.6 Å². The summed E-state index contributed by atoms with van der Waals surface area (Å²) >= 11 is 0. The first-order chi connectivity index (χ1) is 14.4. The van der Waals surface area contributed by atoms with Gasteiger partial charge in [-0.15, -0.1) is 0 Å². The average Bonchev–Trinajstić information content (AvgIpc) is 2.72. The first kappa shape index (κ1) is 21.4. The van der Waals surface area contributed by atoms with E-state index in [0.717, 1.165) is 17.8 Å². The highest BCUT2D eigenvalue weighted by atomic mass is 19.3. The predicted octanol–water partition coefficient (Wildman–Crippen LogP) is 4.18. The third kappa shape index (κ3) is 4.81. The van der Waals surface area contributed by atoms with Crippen molar-refractivity contribution in [3.8, 4) is 5.75 Å². The third-order valence-electron chi connectivity index (χ3n) is 4.63. The van der Waals surface area contributed by atoms with Crippen molar-refractivity contribution < 1.29 is 22.3 Å². The van der Waals surface area contributed by atoms with E-state index in [4.69, 9.17) is 0 Å². The molecule has 1 aromatic heterocycles. The molecule has 0 bridgehead atoms. The molecule has 0 amide bonds. The van der Waals surface area contributed by atoms with E-state index in [1.54, 1.807) is 23.4 Å². The molecule has 1 aromatic carbocycles. The minimum Gasteiger partial charge on any atom is -0.431 e. The minimum atomic E-state index is -3.27. The van der Waals surface area contributed by atoms with Crippen LogP contribution in [-0.2, 0) is 6.54 Å². The highest BCUT2D eigenvalue weighted by Gasteiger charge is 2.29. The Balaban J connectivity index is 1.89. The van der Waals surface area contributed by atoms with Crippen molar-refractivity contribution in [2.24, 2.45) is 9.98 Å². The second-order valence-electron chi connectivity index (χ2n) is 6.43. The van der Waals surface area contributed by atoms with Crippen molar-refractivity contribution in [3.63, 3.8) is 0 Å². The molecule has 0 spiro atoms. The van der Waals surface area contributed by atoms with Gasteiger partial charge < -0.3 is 9.64 Å². The van der Waals surface area contributed by atoms with Gasteiger partial charge in [0, 0.05) is 60.7 Å². The molecule has 1 fully saturated rings. The molecule has 158 valence electrons. The molecule has 1 aliphatic rings. The molecule has 2 heterocycles. The topological polar surface area (TPSA) is 63.0 Å². The normalized spacial score (nSPS) is 19.5. The second kappa shape index (κ2) is 9.47. The van der Waals surface area contributed by atoms with Gasteiger partial charge in [-0.1, -0.05) is 0 Å². The quantitative estimate of drug-likeness (QED) is 0.519. The first-order valence-corrected chi connectivity index (χ1v) is 9.06. The van der Waals surface area contributed by atoms with Crippen molar-refractivity contribution in [1.82, 2.24) is 9.97 Å². The smallest absolute Gasteiger partial charge is 0.387 e. The Morgan fingerprint density at radius 3 is 2.70 bits per heavy atom. The number of ether oxygens (including phenoxy) is 1. The van der Waals surface area contributed by atoms with Gasteiger partial charge in [-0.25, -0.2) is 14.4 Å². The van der Waals surface area contributed by atoms with E-state index in [9.17, 15) is 17.6 Å². The number of alkyl halides is 2. The van der Waals surface area contributed by atoms with Crippen LogP contribution >= 0.6 is 0 Å². The molecule has 1 saturated heterocycles. The summed E-state index contributed by atoms with van der Waals surface area (Å²) in [5.74, 6) is -3.03. The Bertz CT molecular complexity index is 965. The molecule has 6 nitrogen and oxygen atoms in total. The largest absolute Gasteiger partial charge is 0.431 e. The number of halogens is 4. The van der Waals surface area contributed by atoms with Crippen LogP contribution in [0.1, 0.15) is 19.2 Å². The fraction of sp³-hybridized carbons (Fsp3) is 0.300. The van der Waals surface area contributed by atoms with Crippen LogP contribution in [0.25, 0.3) is 0 Å². The number of nitrogens with zero attached hydrogens (tertiary/aromatic N) is 5. The van der Waals surface area contributed by atoms with Crippen molar-refractivity contribution in [2.75, 3.05) is 11.4 Å². The van der Waals surface area contributed by atoms with Crippen molar-refractivity contribution in [3.05, 3.63) is 59.8 Å². The molecule has 1 unspecified atom stereocenters. The van der Waals surface area contributed by atoms with E-state index >= 15 is 0 Å². The number of benzene rings is 1. The zero-order valence-corrected chi connectivity index (χ0v) is 16.1. The van der Waals surface area contributed by atoms with Crippen LogP contribution in [0.5, 0.6) is 5.75 Å². The molecule has 10 heteroatoms. The summed E-state index contributed by atoms with van der Waals surface area (Å²) in [6.45, 7) is 2.69. The molecule has 0 N–H and O–H groups in total. The van der Waals surface area contributed by atoms with Gasteiger partial charge in [0.2, 0.25) is 5.82 Å². The zero-order chi connectivity index (χ0) is 21.7. The molecular weight excluding hydrogens is 402 g/mol. The van der Waals surface area contributed by atoms with E-state index in [1.807, 2.05) is 6.92 Å². The lowest BCUT2D eigenvalue weighted by Crippen LogP contribution is -2.43. The number of rotatable bonds is 6. The van der Waals surface area contributed by atoms with Crippen molar-refractivity contribution in [2.45, 2.75) is 32.5 Å². The van der Waals surface area contributed by atoms with Crippen LogP contribution in [0.2, 0.25) is 0 Å². The number of hydrogen-bond acceptors (Lipinski definition) is 6. The lowest BCUT2D eigenvalue weighted by atomic mass is 9.94. The van der Waals surface area contributed by atoms with Crippen LogP contribution in [0.15, 0.2) is 52.4 Å². The maximum Gasteiger partial charge on any atom is 0.387 e. The molecule has 30 heavy (non-hydrogen) atoms. The highest BCUT2D eigenvalue weighted by Crippen LogP contribution is 2.33. The minimum absolute atomic E-state index is 0.206. The summed E-state index contributed by atoms with van der Waals surface area (Å²) in [6, 6.07) is 3.35. The van der Waals surface area contributed by atoms with Crippen molar-refractivity contribution >= 4 is 18.1 Å². The highest BCUT2D eigenvalue weighted by molar-refractivity contribution is 6.03. The Morgan fingerprint density at radius 2 is 2.03 bits per heavy atom. The Labute approximate surface area is 170 Å². The van der Waals surface area contributed by atoms with Gasteiger partial charge in [0.05, 0.1) is 12.6 Å². The standard InChI is InChI=1S/C20H19F4N5O/c1-12-14(10-25-2)16(28-11-18-26-5-3-6-27-18)4-7-29(12)13-8-15(21)19(22)17(9-13)30-20(23)24/h3,5-6,8-10,12,20H,2,4,7,11H2,1H3/b14-10-,28-16-. The lowest BCUT2D eigenvalue weighted by molar-refractivity contribution is -0.0524. The fourth-order valence-corrected chi connectivity index (χ4v) is 3.25. The number of aliphatic imine (C=N–C) groups is 2. The second-order valence-corrected chi connectivity index (χ2v) is 6.43. The Hall–Kier alpha value is -3.30. The van der Waals surface area contributed by atoms with Gasteiger partial charge in [-0.3, -0.25) is 9.98 Å². The zero-order valence-electron chi connectivity index (χ0n) is 16.1. The Morgan fingerprint density at radius 1 is 1.30 bits per heavy atom. The van der Waals surface area contributed by atoms with Gasteiger partial charge in [-0.05, 0) is 19.7 Å². The van der Waals surface area contributed by atoms with Crippen LogP contribution in [0, 0.1) is 11.6 Å². The van der Waals surface area contributed by atoms with Gasteiger partial charge in [0.1, 0.15) is 5.82 Å². The summed E-state index contributed by atoms with van der Waals surface area (Å²) in [7, 11) is 0. The molecule has 1 aliphatic heterocycles. The van der Waals surface area contributed by atoms with Crippen LogP contribution in [0.3, 0.4) is 0 Å². The maximum absolute atomic E-state index is 14.0. The first-order valence-electron chi connectivity index (χ1n) is 9.06. The van der Waals surface area contributed by atoms with Gasteiger partial charge in [0.25, 0.3) is 0 Å². The van der Waals surface area contributed by atoms with Crippen LogP contribution < -0.4 is 9.64 Å². The molecule has 3 rings (SSSR count). The van der Waals surface area contributed by atoms with E-state index in [0.29, 0.717) is 24.4 Å². The van der Waals surface area contributed by atoms with Gasteiger partial charge >= 0.3 is 6.61 Å². The lowest BCUT2D eigenvalue weighted by Gasteiger charge is -2.38. The monoisotopic (exact) mass is 421 g/mol. The molecule has 0 radical (unpaired) electrons. The number of piperidine rings is 1. The summed E-state index contributed by atoms with van der Waals surface area (Å²) in [4.78, 5) is 18.4. The molecular formula is C20H19F4N5O. The summed E-state index contributed by atoms with van der Waals surface area (Å²) in [5, 5.41) is 0. The van der Waals surface area contributed by atoms with Crippen LogP contribution in [0.4, 0.5) is 23.2 Å². The van der Waals surface area contributed by atoms with E-state index in [-0.39, 0.29) is 18.3 Å². The number of aromatic nitrogens is 2. The number of hydrogen-bond donors (Lipinski definition) is 0. The predicted molar refractivity (Wildman–Crippen MR) is 105 cm³/mol. The van der Waals surface area contributed by atoms with E-state index in [2.05, 4.69) is 31.4 Å². The molecule has 0 aliphatic carbocycles. The molecule has 0 saturated carbocycles. The third-order valence-corrected chi connectivity index (χ3v) is 4.63. The Kier molecular flexibility index (Phi) is 6.76. The molecule has 1 atom stereocenters. The van der Waals surface area contributed by atoms with Crippen molar-refractivity contribution in [1.29, 1.82) is 0 Å². The van der Waals surface area contributed by atoms with E-state index in [1.165, 1.54) is 6.20 Å². The summed E-state index contributed by atoms with van der Waals surface area (Å²) < 4.78 is 57.0. The van der Waals surface area contributed by atoms with E-state index < -0.39 is 24.0 Å². The summed E-state index contributed by atoms with van der Waals surface area (Å²) in [6.07, 6.45) is 5.25. The molecule has 2 aromatic rings.